The molecule has 1 aliphatic rings. The number of aromatic nitrogens is 5. The minimum absolute atomic E-state index is 0.0630. The molecule has 0 aromatic carbocycles. The number of imidazole rings is 1. The lowest BCUT2D eigenvalue weighted by Gasteiger charge is -2.14. The summed E-state index contributed by atoms with van der Waals surface area (Å²) in [5, 5.41) is 13.5. The molecule has 4 rings (SSSR count). The zero-order valence-corrected chi connectivity index (χ0v) is 16.5. The summed E-state index contributed by atoms with van der Waals surface area (Å²) in [5.74, 6) is 1.70. The monoisotopic (exact) mass is 395 g/mol. The molecule has 0 saturated heterocycles. The lowest BCUT2D eigenvalue weighted by atomic mass is 10.0. The standard InChI is InChI=1S/C20H25N7O2/c1-13(2)23-20(28)29-16-4-3-14(9-16)17-11-19(26-25-17)24-18-10-15(5-6-22-18)27-8-7-21-12-27/h5-8,10-14,16H,3-4,9H2,1-2H3,(H,23,28)(H2,22,24,25,26)/t14-,16+/m0/s1. The quantitative estimate of drug-likeness (QED) is 0.589. The van der Waals surface area contributed by atoms with Crippen molar-refractivity contribution in [1.82, 2.24) is 30.0 Å². The molecule has 29 heavy (non-hydrogen) atoms. The van der Waals surface area contributed by atoms with Gasteiger partial charge in [-0.3, -0.25) is 5.10 Å². The van der Waals surface area contributed by atoms with E-state index in [2.05, 4.69) is 30.8 Å². The van der Waals surface area contributed by atoms with Crippen molar-refractivity contribution in [2.24, 2.45) is 0 Å². The summed E-state index contributed by atoms with van der Waals surface area (Å²) in [6.45, 7) is 3.83. The van der Waals surface area contributed by atoms with Crippen LogP contribution in [-0.4, -0.2) is 43.0 Å². The first-order chi connectivity index (χ1) is 14.1. The molecule has 0 unspecified atom stereocenters. The zero-order chi connectivity index (χ0) is 20.2. The summed E-state index contributed by atoms with van der Waals surface area (Å²) >= 11 is 0. The number of hydrogen-bond acceptors (Lipinski definition) is 6. The van der Waals surface area contributed by atoms with Gasteiger partial charge >= 0.3 is 6.09 Å². The molecule has 0 spiro atoms. The molecule has 3 aromatic heterocycles. The highest BCUT2D eigenvalue weighted by Crippen LogP contribution is 2.36. The van der Waals surface area contributed by atoms with E-state index in [1.54, 1.807) is 18.7 Å². The maximum Gasteiger partial charge on any atom is 0.407 e. The van der Waals surface area contributed by atoms with Gasteiger partial charge in [-0.25, -0.2) is 14.8 Å². The minimum Gasteiger partial charge on any atom is -0.446 e. The summed E-state index contributed by atoms with van der Waals surface area (Å²) in [5.41, 5.74) is 2.00. The van der Waals surface area contributed by atoms with Gasteiger partial charge in [0.2, 0.25) is 0 Å². The molecular formula is C20H25N7O2. The first-order valence-corrected chi connectivity index (χ1v) is 9.80. The molecule has 3 heterocycles. The average Bonchev–Trinajstić information content (AvgIpc) is 3.43. The summed E-state index contributed by atoms with van der Waals surface area (Å²) in [7, 11) is 0. The Morgan fingerprint density at radius 1 is 1.28 bits per heavy atom. The fourth-order valence-electron chi connectivity index (χ4n) is 3.55. The maximum atomic E-state index is 11.8. The van der Waals surface area contributed by atoms with E-state index in [-0.39, 0.29) is 18.2 Å². The molecule has 1 saturated carbocycles. The third-order valence-corrected chi connectivity index (χ3v) is 4.90. The van der Waals surface area contributed by atoms with Crippen LogP contribution in [0.2, 0.25) is 0 Å². The SMILES string of the molecule is CC(C)NC(=O)O[C@@H]1CC[C@H](c2cc(Nc3cc(-n4ccnc4)ccn3)n[nH]2)C1. The average molecular weight is 395 g/mol. The van der Waals surface area contributed by atoms with Crippen LogP contribution in [0.15, 0.2) is 43.1 Å². The fourth-order valence-corrected chi connectivity index (χ4v) is 3.55. The number of pyridine rings is 1. The maximum absolute atomic E-state index is 11.8. The molecule has 3 N–H and O–H groups in total. The number of ether oxygens (including phenoxy) is 1. The van der Waals surface area contributed by atoms with Gasteiger partial charge in [0, 0.05) is 48.4 Å². The van der Waals surface area contributed by atoms with Crippen molar-refractivity contribution >= 4 is 17.7 Å². The van der Waals surface area contributed by atoms with E-state index in [4.69, 9.17) is 4.74 Å². The number of carbonyl (C=O) groups excluding carboxylic acids is 1. The summed E-state index contributed by atoms with van der Waals surface area (Å²) in [6, 6.07) is 5.91. The van der Waals surface area contributed by atoms with Crippen molar-refractivity contribution in [3.8, 4) is 5.69 Å². The Bertz CT molecular complexity index is 951. The Balaban J connectivity index is 1.36. The van der Waals surface area contributed by atoms with Gasteiger partial charge in [0.05, 0.1) is 12.0 Å². The van der Waals surface area contributed by atoms with Gasteiger partial charge in [0.15, 0.2) is 5.82 Å². The van der Waals surface area contributed by atoms with Gasteiger partial charge in [-0.05, 0) is 39.2 Å². The summed E-state index contributed by atoms with van der Waals surface area (Å²) < 4.78 is 7.42. The van der Waals surface area contributed by atoms with Crippen molar-refractivity contribution in [2.45, 2.75) is 51.2 Å². The normalized spacial score (nSPS) is 18.7. The van der Waals surface area contributed by atoms with Gasteiger partial charge in [-0.15, -0.1) is 0 Å². The van der Waals surface area contributed by atoms with Gasteiger partial charge in [0.25, 0.3) is 0 Å². The predicted molar refractivity (Wildman–Crippen MR) is 108 cm³/mol. The van der Waals surface area contributed by atoms with Crippen LogP contribution in [0.1, 0.15) is 44.7 Å². The van der Waals surface area contributed by atoms with Crippen LogP contribution in [0.5, 0.6) is 0 Å². The molecule has 9 nitrogen and oxygen atoms in total. The van der Waals surface area contributed by atoms with Gasteiger partial charge in [-0.2, -0.15) is 5.10 Å². The molecular weight excluding hydrogens is 370 g/mol. The van der Waals surface area contributed by atoms with Gasteiger partial charge < -0.3 is 19.9 Å². The van der Waals surface area contributed by atoms with E-state index in [0.717, 1.165) is 30.6 Å². The van der Waals surface area contributed by atoms with Crippen LogP contribution in [0, 0.1) is 0 Å². The second-order valence-electron chi connectivity index (χ2n) is 7.54. The van der Waals surface area contributed by atoms with Crippen molar-refractivity contribution < 1.29 is 9.53 Å². The number of anilines is 2. The van der Waals surface area contributed by atoms with Crippen molar-refractivity contribution in [1.29, 1.82) is 0 Å². The van der Waals surface area contributed by atoms with Crippen molar-refractivity contribution in [2.75, 3.05) is 5.32 Å². The van der Waals surface area contributed by atoms with E-state index >= 15 is 0 Å². The molecule has 1 aliphatic carbocycles. The highest BCUT2D eigenvalue weighted by molar-refractivity contribution is 5.67. The van der Waals surface area contributed by atoms with Crippen LogP contribution in [0.3, 0.4) is 0 Å². The number of rotatable bonds is 6. The first kappa shape index (κ1) is 19.0. The third kappa shape index (κ3) is 4.74. The minimum atomic E-state index is -0.346. The number of hydrogen-bond donors (Lipinski definition) is 3. The van der Waals surface area contributed by atoms with Gasteiger partial charge in [0.1, 0.15) is 11.9 Å². The van der Waals surface area contributed by atoms with E-state index in [1.165, 1.54) is 0 Å². The summed E-state index contributed by atoms with van der Waals surface area (Å²) in [6.07, 6.45) is 9.29. The van der Waals surface area contributed by atoms with Crippen LogP contribution in [0.25, 0.3) is 5.69 Å². The molecule has 0 aliphatic heterocycles. The number of H-pyrrole nitrogens is 1. The number of nitrogens with one attached hydrogen (secondary N) is 3. The number of carbonyl (C=O) groups is 1. The Labute approximate surface area is 168 Å². The van der Waals surface area contributed by atoms with E-state index in [0.29, 0.717) is 17.6 Å². The highest BCUT2D eigenvalue weighted by Gasteiger charge is 2.30. The molecule has 0 bridgehead atoms. The van der Waals surface area contributed by atoms with Crippen LogP contribution in [-0.2, 0) is 4.74 Å². The molecule has 0 radical (unpaired) electrons. The zero-order valence-electron chi connectivity index (χ0n) is 16.5. The Morgan fingerprint density at radius 2 is 2.17 bits per heavy atom. The molecule has 3 aromatic rings. The first-order valence-electron chi connectivity index (χ1n) is 9.80. The van der Waals surface area contributed by atoms with E-state index in [9.17, 15) is 4.79 Å². The predicted octanol–water partition coefficient (Wildman–Crippen LogP) is 3.50. The van der Waals surface area contributed by atoms with Crippen molar-refractivity contribution in [3.05, 3.63) is 48.8 Å². The Morgan fingerprint density at radius 3 is 2.97 bits per heavy atom. The van der Waals surface area contributed by atoms with Crippen LogP contribution < -0.4 is 10.6 Å². The molecule has 1 fully saturated rings. The van der Waals surface area contributed by atoms with Crippen LogP contribution in [0.4, 0.5) is 16.4 Å². The molecule has 1 amide bonds. The Kier molecular flexibility index (Phi) is 5.46. The topological polar surface area (TPSA) is 110 Å². The lowest BCUT2D eigenvalue weighted by molar-refractivity contribution is 0.0981. The highest BCUT2D eigenvalue weighted by atomic mass is 16.6. The fraction of sp³-hybridized carbons (Fsp3) is 0.400. The summed E-state index contributed by atoms with van der Waals surface area (Å²) in [4.78, 5) is 20.2. The lowest BCUT2D eigenvalue weighted by Crippen LogP contribution is -2.33. The third-order valence-electron chi connectivity index (χ3n) is 4.90. The smallest absolute Gasteiger partial charge is 0.407 e. The van der Waals surface area contributed by atoms with E-state index < -0.39 is 0 Å². The number of nitrogens with zero attached hydrogens (tertiary/aromatic N) is 4. The second-order valence-corrected chi connectivity index (χ2v) is 7.54. The molecule has 152 valence electrons. The number of amides is 1. The van der Waals surface area contributed by atoms with Crippen LogP contribution >= 0.6 is 0 Å². The molecule has 9 heteroatoms. The largest absolute Gasteiger partial charge is 0.446 e. The number of alkyl carbamates (subject to hydrolysis) is 1. The van der Waals surface area contributed by atoms with Gasteiger partial charge in [-0.1, -0.05) is 0 Å². The molecule has 2 atom stereocenters. The van der Waals surface area contributed by atoms with E-state index in [1.807, 2.05) is 42.8 Å². The van der Waals surface area contributed by atoms with Crippen molar-refractivity contribution in [3.63, 3.8) is 0 Å². The Hall–Kier alpha value is -3.36. The second kappa shape index (κ2) is 8.34. The number of aromatic amines is 1.